The van der Waals surface area contributed by atoms with E-state index < -0.39 is 12.0 Å². The van der Waals surface area contributed by atoms with E-state index in [0.29, 0.717) is 23.5 Å². The number of aliphatic hydroxyl groups is 1. The quantitative estimate of drug-likeness (QED) is 0.549. The zero-order valence-corrected chi connectivity index (χ0v) is 16.0. The van der Waals surface area contributed by atoms with Crippen molar-refractivity contribution in [2.24, 2.45) is 0 Å². The van der Waals surface area contributed by atoms with Crippen LogP contribution < -0.4 is 5.32 Å². The zero-order chi connectivity index (χ0) is 18.8. The van der Waals surface area contributed by atoms with Crippen LogP contribution in [-0.4, -0.2) is 11.0 Å². The minimum atomic E-state index is -0.606. The summed E-state index contributed by atoms with van der Waals surface area (Å²) in [6.45, 7) is 3.82. The highest BCUT2D eigenvalue weighted by molar-refractivity contribution is 6.40. The van der Waals surface area contributed by atoms with E-state index in [-0.39, 0.29) is 15.6 Å². The molecule has 6 heteroatoms. The summed E-state index contributed by atoms with van der Waals surface area (Å²) in [6, 6.07) is 10.3. The van der Waals surface area contributed by atoms with Crippen molar-refractivity contribution in [3.05, 3.63) is 63.3 Å². The Morgan fingerprint density at radius 3 is 2.50 bits per heavy atom. The molecule has 26 heavy (non-hydrogen) atoms. The van der Waals surface area contributed by atoms with Crippen LogP contribution in [0.1, 0.15) is 47.6 Å². The van der Waals surface area contributed by atoms with Gasteiger partial charge in [-0.1, -0.05) is 54.7 Å². The number of furan rings is 1. The Bertz CT molecular complexity index is 945. The second-order valence-corrected chi connectivity index (χ2v) is 6.92. The van der Waals surface area contributed by atoms with Crippen LogP contribution in [0.2, 0.25) is 10.0 Å². The van der Waals surface area contributed by atoms with Gasteiger partial charge >= 0.3 is 0 Å². The maximum atomic E-state index is 12.7. The van der Waals surface area contributed by atoms with Crippen molar-refractivity contribution in [1.29, 1.82) is 0 Å². The second-order valence-electron chi connectivity index (χ2n) is 6.11. The lowest BCUT2D eigenvalue weighted by Crippen LogP contribution is -2.13. The number of carbonyl (C=O) groups excluding carboxylic acids is 1. The van der Waals surface area contributed by atoms with E-state index in [1.165, 1.54) is 0 Å². The Morgan fingerprint density at radius 1 is 1.19 bits per heavy atom. The van der Waals surface area contributed by atoms with Gasteiger partial charge in [-0.25, -0.2) is 0 Å². The normalized spacial score (nSPS) is 12.3. The highest BCUT2D eigenvalue weighted by Gasteiger charge is 2.21. The van der Waals surface area contributed by atoms with Gasteiger partial charge in [0.2, 0.25) is 0 Å². The number of nitrogens with one attached hydrogen (secondary N) is 1. The van der Waals surface area contributed by atoms with Gasteiger partial charge in [-0.2, -0.15) is 0 Å². The van der Waals surface area contributed by atoms with Crippen LogP contribution >= 0.6 is 23.2 Å². The summed E-state index contributed by atoms with van der Waals surface area (Å²) in [5.41, 5.74) is 1.99. The molecule has 4 nitrogen and oxygen atoms in total. The molecular weight excluding hydrogens is 373 g/mol. The van der Waals surface area contributed by atoms with Crippen molar-refractivity contribution in [1.82, 2.24) is 0 Å². The van der Waals surface area contributed by atoms with E-state index in [2.05, 4.69) is 5.32 Å². The predicted octanol–water partition coefficient (Wildman–Crippen LogP) is 6.13. The molecular formula is C20H19Cl2NO3. The molecule has 3 aromatic rings. The lowest BCUT2D eigenvalue weighted by molar-refractivity contribution is 0.102. The molecule has 2 aromatic carbocycles. The van der Waals surface area contributed by atoms with Crippen molar-refractivity contribution in [3.8, 4) is 0 Å². The highest BCUT2D eigenvalue weighted by atomic mass is 35.5. The summed E-state index contributed by atoms with van der Waals surface area (Å²) in [5.74, 6) is 0.219. The average Bonchev–Trinajstić information content (AvgIpc) is 2.92. The lowest BCUT2D eigenvalue weighted by Gasteiger charge is -2.10. The zero-order valence-electron chi connectivity index (χ0n) is 14.5. The van der Waals surface area contributed by atoms with Gasteiger partial charge in [-0.15, -0.1) is 0 Å². The maximum absolute atomic E-state index is 12.7. The number of carbonyl (C=O) groups is 1. The predicted molar refractivity (Wildman–Crippen MR) is 105 cm³/mol. The van der Waals surface area contributed by atoms with Gasteiger partial charge in [-0.3, -0.25) is 4.79 Å². The largest absolute Gasteiger partial charge is 0.459 e. The van der Waals surface area contributed by atoms with Crippen molar-refractivity contribution < 1.29 is 14.3 Å². The van der Waals surface area contributed by atoms with Gasteiger partial charge in [-0.05, 0) is 31.5 Å². The number of para-hydroxylation sites is 1. The first kappa shape index (κ1) is 18.8. The Balaban J connectivity index is 2.02. The molecule has 0 radical (unpaired) electrons. The number of anilines is 1. The van der Waals surface area contributed by atoms with E-state index in [9.17, 15) is 9.90 Å². The standard InChI is InChI=1S/C20H19Cl2NO3/c1-3-6-16(24)17-11(2)26-19-12(17)7-4-10-15(19)23-20(25)18-13(21)8-5-9-14(18)22/h4-5,7-10,16,24H,3,6H2,1-2H3,(H,23,25). The first-order chi connectivity index (χ1) is 12.4. The van der Waals surface area contributed by atoms with Crippen LogP contribution in [0.15, 0.2) is 40.8 Å². The fourth-order valence-electron chi connectivity index (χ4n) is 3.09. The molecule has 1 atom stereocenters. The lowest BCUT2D eigenvalue weighted by atomic mass is 10.0. The second kappa shape index (κ2) is 7.70. The molecule has 0 aliphatic heterocycles. The average molecular weight is 392 g/mol. The number of rotatable bonds is 5. The molecule has 0 bridgehead atoms. The number of aliphatic hydroxyl groups excluding tert-OH is 1. The van der Waals surface area contributed by atoms with E-state index in [0.717, 1.165) is 17.4 Å². The molecule has 1 unspecified atom stereocenters. The van der Waals surface area contributed by atoms with Gasteiger partial charge in [0.1, 0.15) is 5.76 Å². The number of amides is 1. The Kier molecular flexibility index (Phi) is 5.56. The van der Waals surface area contributed by atoms with E-state index >= 15 is 0 Å². The summed E-state index contributed by atoms with van der Waals surface area (Å²) in [7, 11) is 0. The molecule has 1 heterocycles. The number of aryl methyl sites for hydroxylation is 1. The third-order valence-electron chi connectivity index (χ3n) is 4.27. The number of benzene rings is 2. The summed E-state index contributed by atoms with van der Waals surface area (Å²) < 4.78 is 5.85. The Morgan fingerprint density at radius 2 is 1.85 bits per heavy atom. The van der Waals surface area contributed by atoms with Crippen LogP contribution in [0, 0.1) is 6.92 Å². The minimum Gasteiger partial charge on any atom is -0.459 e. The van der Waals surface area contributed by atoms with Gasteiger partial charge in [0.05, 0.1) is 27.4 Å². The minimum absolute atomic E-state index is 0.211. The van der Waals surface area contributed by atoms with E-state index in [1.54, 1.807) is 24.3 Å². The monoisotopic (exact) mass is 391 g/mol. The van der Waals surface area contributed by atoms with Gasteiger partial charge in [0, 0.05) is 10.9 Å². The molecule has 0 spiro atoms. The Hall–Kier alpha value is -2.01. The molecule has 0 saturated heterocycles. The van der Waals surface area contributed by atoms with Crippen LogP contribution in [0.3, 0.4) is 0 Å². The van der Waals surface area contributed by atoms with Crippen LogP contribution in [0.4, 0.5) is 5.69 Å². The third-order valence-corrected chi connectivity index (χ3v) is 4.90. The summed E-state index contributed by atoms with van der Waals surface area (Å²) in [5, 5.41) is 14.6. The summed E-state index contributed by atoms with van der Waals surface area (Å²) in [4.78, 5) is 12.7. The fourth-order valence-corrected chi connectivity index (χ4v) is 3.66. The van der Waals surface area contributed by atoms with Gasteiger partial charge < -0.3 is 14.8 Å². The fraction of sp³-hybridized carbons (Fsp3) is 0.250. The van der Waals surface area contributed by atoms with E-state index in [1.807, 2.05) is 26.0 Å². The molecule has 1 amide bonds. The van der Waals surface area contributed by atoms with E-state index in [4.69, 9.17) is 27.6 Å². The number of halogens is 2. The number of fused-ring (bicyclic) bond motifs is 1. The molecule has 2 N–H and O–H groups in total. The summed E-state index contributed by atoms with van der Waals surface area (Å²) >= 11 is 12.2. The molecule has 3 rings (SSSR count). The van der Waals surface area contributed by atoms with Gasteiger partial charge in [0.25, 0.3) is 5.91 Å². The molecule has 0 aliphatic rings. The maximum Gasteiger partial charge on any atom is 0.258 e. The molecule has 0 fully saturated rings. The smallest absolute Gasteiger partial charge is 0.258 e. The first-order valence-corrected chi connectivity index (χ1v) is 9.15. The Labute approximate surface area is 161 Å². The van der Waals surface area contributed by atoms with Crippen LogP contribution in [-0.2, 0) is 0 Å². The first-order valence-electron chi connectivity index (χ1n) is 8.39. The molecule has 1 aromatic heterocycles. The van der Waals surface area contributed by atoms with Crippen molar-refractivity contribution in [3.63, 3.8) is 0 Å². The topological polar surface area (TPSA) is 62.5 Å². The van der Waals surface area contributed by atoms with Crippen LogP contribution in [0.5, 0.6) is 0 Å². The van der Waals surface area contributed by atoms with Crippen LogP contribution in [0.25, 0.3) is 11.0 Å². The number of hydrogen-bond acceptors (Lipinski definition) is 3. The molecule has 0 aliphatic carbocycles. The highest BCUT2D eigenvalue weighted by Crippen LogP contribution is 2.36. The third kappa shape index (κ3) is 3.45. The van der Waals surface area contributed by atoms with Crippen molar-refractivity contribution in [2.75, 3.05) is 5.32 Å². The van der Waals surface area contributed by atoms with Crippen molar-refractivity contribution in [2.45, 2.75) is 32.8 Å². The molecule has 136 valence electrons. The number of hydrogen-bond donors (Lipinski definition) is 2. The van der Waals surface area contributed by atoms with Crippen molar-refractivity contribution >= 4 is 45.8 Å². The summed E-state index contributed by atoms with van der Waals surface area (Å²) in [6.07, 6.45) is 0.890. The SMILES string of the molecule is CCCC(O)c1c(C)oc2c(NC(=O)c3c(Cl)cccc3Cl)cccc12. The molecule has 0 saturated carbocycles. The van der Waals surface area contributed by atoms with Gasteiger partial charge in [0.15, 0.2) is 5.58 Å².